The lowest BCUT2D eigenvalue weighted by atomic mass is 9.98. The van der Waals surface area contributed by atoms with E-state index in [0.717, 1.165) is 0 Å². The van der Waals surface area contributed by atoms with Crippen molar-refractivity contribution in [1.82, 2.24) is 10.6 Å². The van der Waals surface area contributed by atoms with Crippen LogP contribution in [0.15, 0.2) is 0 Å². The molecule has 0 bridgehead atoms. The summed E-state index contributed by atoms with van der Waals surface area (Å²) in [6.07, 6.45) is 5.37. The molecular weight excluding hydrogens is 204 g/mol. The largest absolute Gasteiger partial charge is 0.355 e. The van der Waals surface area contributed by atoms with Crippen LogP contribution in [0, 0.1) is 11.8 Å². The molecule has 0 aromatic rings. The molecule has 0 radical (unpaired) electrons. The van der Waals surface area contributed by atoms with Gasteiger partial charge >= 0.3 is 0 Å². The Morgan fingerprint density at radius 3 is 2.69 bits per heavy atom. The molecule has 0 aromatic heterocycles. The van der Waals surface area contributed by atoms with E-state index >= 15 is 0 Å². The normalized spacial score (nSPS) is 27.8. The summed E-state index contributed by atoms with van der Waals surface area (Å²) in [7, 11) is 0. The average Bonchev–Trinajstić information content (AvgIpc) is 2.87. The minimum atomic E-state index is -0.156. The molecule has 90 valence electrons. The number of amides is 2. The summed E-state index contributed by atoms with van der Waals surface area (Å²) < 4.78 is 0. The van der Waals surface area contributed by atoms with Crippen molar-refractivity contribution in [3.05, 3.63) is 0 Å². The SMILES string of the molecule is CC(NC(=O)C1CNC(=O)C1)C1CCCC1. The van der Waals surface area contributed by atoms with Gasteiger partial charge < -0.3 is 10.6 Å². The van der Waals surface area contributed by atoms with E-state index in [1.807, 2.05) is 0 Å². The number of rotatable bonds is 3. The highest BCUT2D eigenvalue weighted by atomic mass is 16.2. The molecule has 4 heteroatoms. The van der Waals surface area contributed by atoms with Gasteiger partial charge in [-0.1, -0.05) is 12.8 Å². The molecule has 1 saturated carbocycles. The molecule has 2 rings (SSSR count). The zero-order valence-corrected chi connectivity index (χ0v) is 9.79. The molecule has 2 fully saturated rings. The molecule has 2 atom stereocenters. The lowest BCUT2D eigenvalue weighted by molar-refractivity contribution is -0.127. The Hall–Kier alpha value is -1.06. The molecule has 1 saturated heterocycles. The third-order valence-corrected chi connectivity index (χ3v) is 3.83. The fraction of sp³-hybridized carbons (Fsp3) is 0.833. The molecule has 2 N–H and O–H groups in total. The quantitative estimate of drug-likeness (QED) is 0.745. The maximum absolute atomic E-state index is 11.9. The van der Waals surface area contributed by atoms with E-state index in [0.29, 0.717) is 18.9 Å². The van der Waals surface area contributed by atoms with Crippen LogP contribution < -0.4 is 10.6 Å². The van der Waals surface area contributed by atoms with E-state index in [1.54, 1.807) is 0 Å². The van der Waals surface area contributed by atoms with Gasteiger partial charge in [0.15, 0.2) is 0 Å². The zero-order valence-electron chi connectivity index (χ0n) is 9.79. The summed E-state index contributed by atoms with van der Waals surface area (Å²) in [5.74, 6) is 0.511. The van der Waals surface area contributed by atoms with Crippen LogP contribution in [0.5, 0.6) is 0 Å². The van der Waals surface area contributed by atoms with Gasteiger partial charge in [0.25, 0.3) is 0 Å². The maximum Gasteiger partial charge on any atom is 0.225 e. The third kappa shape index (κ3) is 2.54. The Labute approximate surface area is 96.2 Å². The van der Waals surface area contributed by atoms with Gasteiger partial charge in [-0.05, 0) is 25.7 Å². The summed E-state index contributed by atoms with van der Waals surface area (Å²) >= 11 is 0. The van der Waals surface area contributed by atoms with Gasteiger partial charge in [0.1, 0.15) is 0 Å². The van der Waals surface area contributed by atoms with Crippen LogP contribution in [0.25, 0.3) is 0 Å². The van der Waals surface area contributed by atoms with Crippen LogP contribution in [0.4, 0.5) is 0 Å². The van der Waals surface area contributed by atoms with Crippen molar-refractivity contribution in [2.24, 2.45) is 11.8 Å². The van der Waals surface area contributed by atoms with Crippen molar-refractivity contribution in [3.63, 3.8) is 0 Å². The Balaban J connectivity index is 1.79. The standard InChI is InChI=1S/C12H20N2O2/c1-8(9-4-2-3-5-9)14-12(16)10-6-11(15)13-7-10/h8-10H,2-7H2,1H3,(H,13,15)(H,14,16). The van der Waals surface area contributed by atoms with Crippen LogP contribution in [-0.4, -0.2) is 24.4 Å². The van der Waals surface area contributed by atoms with E-state index < -0.39 is 0 Å². The molecule has 1 aliphatic carbocycles. The number of hydrogen-bond donors (Lipinski definition) is 2. The Kier molecular flexibility index (Phi) is 3.46. The molecule has 1 aliphatic heterocycles. The first kappa shape index (κ1) is 11.4. The van der Waals surface area contributed by atoms with Crippen molar-refractivity contribution < 1.29 is 9.59 Å². The maximum atomic E-state index is 11.9. The van der Waals surface area contributed by atoms with Gasteiger partial charge in [0.2, 0.25) is 11.8 Å². The fourth-order valence-corrected chi connectivity index (χ4v) is 2.71. The second-order valence-corrected chi connectivity index (χ2v) is 5.05. The van der Waals surface area contributed by atoms with Crippen LogP contribution in [0.2, 0.25) is 0 Å². The van der Waals surface area contributed by atoms with Gasteiger partial charge in [-0.3, -0.25) is 9.59 Å². The third-order valence-electron chi connectivity index (χ3n) is 3.83. The number of carbonyl (C=O) groups excluding carboxylic acids is 2. The zero-order chi connectivity index (χ0) is 11.5. The molecule has 0 aromatic carbocycles. The van der Waals surface area contributed by atoms with E-state index in [-0.39, 0.29) is 23.8 Å². The van der Waals surface area contributed by atoms with E-state index in [2.05, 4.69) is 17.6 Å². The van der Waals surface area contributed by atoms with Gasteiger partial charge in [-0.15, -0.1) is 0 Å². The fourth-order valence-electron chi connectivity index (χ4n) is 2.71. The highest BCUT2D eigenvalue weighted by molar-refractivity contribution is 5.89. The number of nitrogens with one attached hydrogen (secondary N) is 2. The summed E-state index contributed by atoms with van der Waals surface area (Å²) in [5, 5.41) is 5.75. The van der Waals surface area contributed by atoms with Crippen molar-refractivity contribution in [2.75, 3.05) is 6.54 Å². The molecule has 0 spiro atoms. The van der Waals surface area contributed by atoms with Crippen molar-refractivity contribution >= 4 is 11.8 Å². The topological polar surface area (TPSA) is 58.2 Å². The monoisotopic (exact) mass is 224 g/mol. The van der Waals surface area contributed by atoms with E-state index in [1.165, 1.54) is 25.7 Å². The van der Waals surface area contributed by atoms with Crippen LogP contribution in [0.1, 0.15) is 39.0 Å². The van der Waals surface area contributed by atoms with Gasteiger partial charge in [0.05, 0.1) is 5.92 Å². The lowest BCUT2D eigenvalue weighted by Crippen LogP contribution is -2.41. The highest BCUT2D eigenvalue weighted by Gasteiger charge is 2.30. The second-order valence-electron chi connectivity index (χ2n) is 5.05. The Morgan fingerprint density at radius 2 is 2.12 bits per heavy atom. The predicted octanol–water partition coefficient (Wildman–Crippen LogP) is 0.817. The van der Waals surface area contributed by atoms with E-state index in [4.69, 9.17) is 0 Å². The lowest BCUT2D eigenvalue weighted by Gasteiger charge is -2.21. The van der Waals surface area contributed by atoms with Crippen LogP contribution in [-0.2, 0) is 9.59 Å². The van der Waals surface area contributed by atoms with Crippen LogP contribution in [0.3, 0.4) is 0 Å². The van der Waals surface area contributed by atoms with Crippen LogP contribution >= 0.6 is 0 Å². The minimum Gasteiger partial charge on any atom is -0.355 e. The molecule has 2 unspecified atom stereocenters. The number of carbonyl (C=O) groups is 2. The summed E-state index contributed by atoms with van der Waals surface area (Å²) in [4.78, 5) is 22.9. The summed E-state index contributed by atoms with van der Waals surface area (Å²) in [5.41, 5.74) is 0. The van der Waals surface area contributed by atoms with Gasteiger partial charge in [-0.25, -0.2) is 0 Å². The predicted molar refractivity (Wildman–Crippen MR) is 60.7 cm³/mol. The van der Waals surface area contributed by atoms with Gasteiger partial charge in [0, 0.05) is 19.0 Å². The highest BCUT2D eigenvalue weighted by Crippen LogP contribution is 2.27. The second kappa shape index (κ2) is 4.85. The van der Waals surface area contributed by atoms with E-state index in [9.17, 15) is 9.59 Å². The molecule has 2 amide bonds. The summed E-state index contributed by atoms with van der Waals surface area (Å²) in [6.45, 7) is 2.58. The smallest absolute Gasteiger partial charge is 0.225 e. The molecule has 1 heterocycles. The first-order chi connectivity index (χ1) is 7.66. The molecule has 4 nitrogen and oxygen atoms in total. The average molecular weight is 224 g/mol. The Bertz CT molecular complexity index is 285. The van der Waals surface area contributed by atoms with Crippen molar-refractivity contribution in [3.8, 4) is 0 Å². The Morgan fingerprint density at radius 1 is 1.44 bits per heavy atom. The number of hydrogen-bond acceptors (Lipinski definition) is 2. The van der Waals surface area contributed by atoms with Crippen molar-refractivity contribution in [2.45, 2.75) is 45.1 Å². The molecule has 16 heavy (non-hydrogen) atoms. The summed E-state index contributed by atoms with van der Waals surface area (Å²) in [6, 6.07) is 0.255. The minimum absolute atomic E-state index is 0.00586. The first-order valence-electron chi connectivity index (χ1n) is 6.24. The van der Waals surface area contributed by atoms with Crippen molar-refractivity contribution in [1.29, 1.82) is 0 Å². The molecular formula is C12H20N2O2. The first-order valence-corrected chi connectivity index (χ1v) is 6.24. The molecule has 2 aliphatic rings. The van der Waals surface area contributed by atoms with Gasteiger partial charge in [-0.2, -0.15) is 0 Å².